The second-order valence-corrected chi connectivity index (χ2v) is 6.74. The van der Waals surface area contributed by atoms with E-state index in [-0.39, 0.29) is 5.69 Å². The third kappa shape index (κ3) is 3.05. The topological polar surface area (TPSA) is 79.7 Å². The van der Waals surface area contributed by atoms with E-state index in [1.807, 2.05) is 58.1 Å². The number of nitrogens with zero attached hydrogens (tertiary/aromatic N) is 3. The molecule has 1 N–H and O–H groups in total. The van der Waals surface area contributed by atoms with Crippen molar-refractivity contribution >= 4 is 11.5 Å². The van der Waals surface area contributed by atoms with Gasteiger partial charge in [0.25, 0.3) is 17.2 Å². The minimum Gasteiger partial charge on any atom is -0.497 e. The highest BCUT2D eigenvalue weighted by Crippen LogP contribution is 2.36. The van der Waals surface area contributed by atoms with Crippen molar-refractivity contribution in [3.63, 3.8) is 0 Å². The summed E-state index contributed by atoms with van der Waals surface area (Å²) >= 11 is 0. The molecule has 1 aliphatic rings. The number of rotatable bonds is 5. The third-order valence-electron chi connectivity index (χ3n) is 5.07. The molecule has 0 spiro atoms. The Hall–Kier alpha value is -3.45. The zero-order chi connectivity index (χ0) is 19.7. The second kappa shape index (κ2) is 6.94. The number of ether oxygens (including phenoxy) is 1. The molecule has 7 heteroatoms. The number of aliphatic hydroxyl groups is 1. The number of hydrogen-bond donors (Lipinski definition) is 1. The van der Waals surface area contributed by atoms with E-state index in [1.165, 1.54) is 12.1 Å². The predicted octanol–water partition coefficient (Wildman–Crippen LogP) is 2.76. The summed E-state index contributed by atoms with van der Waals surface area (Å²) in [4.78, 5) is 12.4. The number of nitro benzene ring substituents is 1. The van der Waals surface area contributed by atoms with Crippen molar-refractivity contribution in [2.45, 2.75) is 18.8 Å². The monoisotopic (exact) mass is 378 g/mol. The first-order valence-corrected chi connectivity index (χ1v) is 8.87. The van der Waals surface area contributed by atoms with Gasteiger partial charge in [0.2, 0.25) is 0 Å². The van der Waals surface area contributed by atoms with Gasteiger partial charge >= 0.3 is 0 Å². The van der Waals surface area contributed by atoms with Gasteiger partial charge in [-0.1, -0.05) is 18.2 Å². The smallest absolute Gasteiger partial charge is 0.279 e. The quantitative estimate of drug-likeness (QED) is 0.420. The number of hydrogen-bond acceptors (Lipinski definition) is 5. The highest BCUT2D eigenvalue weighted by molar-refractivity contribution is 5.46. The van der Waals surface area contributed by atoms with Crippen molar-refractivity contribution < 1.29 is 19.3 Å². The molecule has 2 heterocycles. The maximum Gasteiger partial charge on any atom is 0.279 e. The molecule has 1 aromatic heterocycles. The van der Waals surface area contributed by atoms with Crippen LogP contribution in [0.1, 0.15) is 11.1 Å². The molecule has 142 valence electrons. The Morgan fingerprint density at radius 1 is 1.14 bits per heavy atom. The zero-order valence-electron chi connectivity index (χ0n) is 15.4. The van der Waals surface area contributed by atoms with Gasteiger partial charge in [-0.2, -0.15) is 0 Å². The van der Waals surface area contributed by atoms with Crippen molar-refractivity contribution in [1.82, 2.24) is 0 Å². The lowest BCUT2D eigenvalue weighted by Gasteiger charge is -2.27. The maximum atomic E-state index is 11.6. The number of aromatic nitrogens is 1. The van der Waals surface area contributed by atoms with Crippen LogP contribution < -0.4 is 14.2 Å². The van der Waals surface area contributed by atoms with Crippen LogP contribution in [0.2, 0.25) is 0 Å². The highest BCUT2D eigenvalue weighted by Gasteiger charge is 2.51. The number of fused-ring (bicyclic) bond motifs is 1. The largest absolute Gasteiger partial charge is 0.497 e. The fourth-order valence-corrected chi connectivity index (χ4v) is 3.58. The minimum atomic E-state index is -1.32. The Labute approximate surface area is 162 Å². The summed E-state index contributed by atoms with van der Waals surface area (Å²) in [6.07, 6.45) is 1.92. The van der Waals surface area contributed by atoms with Crippen molar-refractivity contribution in [2.24, 2.45) is 0 Å². The molecule has 3 aromatic rings. The first kappa shape index (κ1) is 17.9. The average molecular weight is 378 g/mol. The first-order chi connectivity index (χ1) is 13.5. The minimum absolute atomic E-state index is 0.00258. The molecule has 0 unspecified atom stereocenters. The van der Waals surface area contributed by atoms with Gasteiger partial charge < -0.3 is 9.84 Å². The lowest BCUT2D eigenvalue weighted by atomic mass is 10.0. The standard InChI is InChI=1S/C21H20N3O4/c1-28-19-11-5-16(6-12-19)14-23-20-4-2-3-13-22(20)15-21(23,25)17-7-9-18(10-8-17)24(26)27/h2-13,25H,14-15H2,1H3/q+1/t21-/m0/s1. The van der Waals surface area contributed by atoms with Crippen molar-refractivity contribution in [2.75, 3.05) is 12.0 Å². The molecule has 0 bridgehead atoms. The van der Waals surface area contributed by atoms with E-state index < -0.39 is 10.6 Å². The van der Waals surface area contributed by atoms with Gasteiger partial charge in [0.05, 0.1) is 18.2 Å². The lowest BCUT2D eigenvalue weighted by Crippen LogP contribution is -2.45. The Balaban J connectivity index is 1.73. The predicted molar refractivity (Wildman–Crippen MR) is 103 cm³/mol. The molecule has 2 aromatic carbocycles. The summed E-state index contributed by atoms with van der Waals surface area (Å²) in [6, 6.07) is 19.6. The second-order valence-electron chi connectivity index (χ2n) is 6.74. The average Bonchev–Trinajstić information content (AvgIpc) is 3.01. The van der Waals surface area contributed by atoms with Gasteiger partial charge in [0.15, 0.2) is 6.54 Å². The summed E-state index contributed by atoms with van der Waals surface area (Å²) in [5.74, 6) is 1.64. The highest BCUT2D eigenvalue weighted by atomic mass is 16.6. The van der Waals surface area contributed by atoms with Crippen molar-refractivity contribution in [3.8, 4) is 5.75 Å². The van der Waals surface area contributed by atoms with Gasteiger partial charge in [-0.05, 0) is 35.9 Å². The van der Waals surface area contributed by atoms with E-state index in [9.17, 15) is 15.2 Å². The molecular formula is C21H20N3O4+. The molecule has 0 fully saturated rings. The van der Waals surface area contributed by atoms with Crippen molar-refractivity contribution in [3.05, 3.63) is 94.2 Å². The fraction of sp³-hybridized carbons (Fsp3) is 0.190. The van der Waals surface area contributed by atoms with Crippen molar-refractivity contribution in [1.29, 1.82) is 0 Å². The van der Waals surface area contributed by atoms with Gasteiger partial charge in [-0.25, -0.2) is 9.47 Å². The molecule has 0 aliphatic carbocycles. The van der Waals surface area contributed by atoms with Gasteiger partial charge in [0.1, 0.15) is 12.3 Å². The van der Waals surface area contributed by atoms with E-state index in [2.05, 4.69) is 0 Å². The first-order valence-electron chi connectivity index (χ1n) is 8.87. The Kier molecular flexibility index (Phi) is 4.44. The van der Waals surface area contributed by atoms with Crippen LogP contribution in [0.5, 0.6) is 5.75 Å². The number of anilines is 1. The van der Waals surface area contributed by atoms with E-state index in [1.54, 1.807) is 19.2 Å². The van der Waals surface area contributed by atoms with Crippen LogP contribution >= 0.6 is 0 Å². The van der Waals surface area contributed by atoms with Crippen LogP contribution in [0.3, 0.4) is 0 Å². The third-order valence-corrected chi connectivity index (χ3v) is 5.07. The molecule has 7 nitrogen and oxygen atoms in total. The van der Waals surface area contributed by atoms with Gasteiger partial charge in [-0.15, -0.1) is 0 Å². The maximum absolute atomic E-state index is 11.6. The molecule has 0 saturated carbocycles. The number of benzene rings is 2. The summed E-state index contributed by atoms with van der Waals surface area (Å²) in [7, 11) is 1.62. The molecular weight excluding hydrogens is 358 g/mol. The summed E-state index contributed by atoms with van der Waals surface area (Å²) < 4.78 is 7.19. The zero-order valence-corrected chi connectivity index (χ0v) is 15.4. The molecule has 28 heavy (non-hydrogen) atoms. The van der Waals surface area contributed by atoms with Crippen LogP contribution in [0, 0.1) is 10.1 Å². The normalized spacial score (nSPS) is 18.0. The van der Waals surface area contributed by atoms with Gasteiger partial charge in [0, 0.05) is 23.8 Å². The van der Waals surface area contributed by atoms with Crippen LogP contribution in [0.4, 0.5) is 11.5 Å². The number of nitro groups is 1. The molecule has 0 amide bonds. The van der Waals surface area contributed by atoms with E-state index in [4.69, 9.17) is 4.74 Å². The van der Waals surface area contributed by atoms with E-state index in [0.29, 0.717) is 18.7 Å². The molecule has 1 aliphatic heterocycles. The molecule has 4 rings (SSSR count). The Morgan fingerprint density at radius 2 is 1.86 bits per heavy atom. The molecule has 0 radical (unpaired) electrons. The SMILES string of the molecule is COc1ccc(CN2c3cccc[n+]3C[C@]2(O)c2ccc([N+](=O)[O-])cc2)cc1. The molecule has 1 atom stereocenters. The fourth-order valence-electron chi connectivity index (χ4n) is 3.58. The lowest BCUT2D eigenvalue weighted by molar-refractivity contribution is -0.683. The van der Waals surface area contributed by atoms with Gasteiger partial charge in [-0.3, -0.25) is 10.1 Å². The van der Waals surface area contributed by atoms with Crippen LogP contribution in [-0.2, 0) is 18.8 Å². The van der Waals surface area contributed by atoms with Crippen LogP contribution in [0.15, 0.2) is 72.9 Å². The summed E-state index contributed by atoms with van der Waals surface area (Å²) in [5, 5.41) is 22.6. The van der Waals surface area contributed by atoms with Crippen LogP contribution in [-0.4, -0.2) is 17.1 Å². The Morgan fingerprint density at radius 3 is 2.50 bits per heavy atom. The number of non-ortho nitro benzene ring substituents is 1. The van der Waals surface area contributed by atoms with Crippen LogP contribution in [0.25, 0.3) is 0 Å². The van der Waals surface area contributed by atoms with E-state index in [0.717, 1.165) is 17.1 Å². The summed E-state index contributed by atoms with van der Waals surface area (Å²) in [5.41, 5.74) is 0.301. The Bertz CT molecular complexity index is 1000. The molecule has 0 saturated heterocycles. The number of pyridine rings is 1. The van der Waals surface area contributed by atoms with E-state index >= 15 is 0 Å². The number of methoxy groups -OCH3 is 1. The summed E-state index contributed by atoms with van der Waals surface area (Å²) in [6.45, 7) is 0.804.